The van der Waals surface area contributed by atoms with Crippen LogP contribution in [0.4, 0.5) is 5.69 Å². The molecule has 3 saturated heterocycles. The Hall–Kier alpha value is -4.73. The minimum Gasteiger partial charge on any atom is -0.507 e. The molecule has 5 aliphatic rings. The van der Waals surface area contributed by atoms with Crippen molar-refractivity contribution in [1.82, 2.24) is 29.6 Å². The van der Waals surface area contributed by atoms with E-state index in [1.807, 2.05) is 42.3 Å². The van der Waals surface area contributed by atoms with Gasteiger partial charge in [0.05, 0.1) is 22.9 Å². The van der Waals surface area contributed by atoms with Crippen LogP contribution < -0.4 is 27.0 Å². The van der Waals surface area contributed by atoms with Crippen molar-refractivity contribution in [1.29, 1.82) is 0 Å². The van der Waals surface area contributed by atoms with Crippen LogP contribution in [0.5, 0.6) is 5.75 Å². The monoisotopic (exact) mass is 771 g/mol. The van der Waals surface area contributed by atoms with E-state index in [2.05, 4.69) is 29.6 Å². The van der Waals surface area contributed by atoms with Crippen molar-refractivity contribution < 1.29 is 24.3 Å². The number of phenolic OH excluding ortho intramolecular Hbond substituents is 1. The highest BCUT2D eigenvalue weighted by molar-refractivity contribution is 7.97. The molecule has 55 heavy (non-hydrogen) atoms. The van der Waals surface area contributed by atoms with Gasteiger partial charge in [-0.15, -0.1) is 0 Å². The second-order valence-corrected chi connectivity index (χ2v) is 16.7. The summed E-state index contributed by atoms with van der Waals surface area (Å²) in [6.45, 7) is 10.4. The molecule has 3 fully saturated rings. The van der Waals surface area contributed by atoms with Gasteiger partial charge in [-0.1, -0.05) is 24.1 Å². The van der Waals surface area contributed by atoms with E-state index < -0.39 is 11.9 Å². The molecule has 14 nitrogen and oxygen atoms in total. The van der Waals surface area contributed by atoms with Crippen LogP contribution in [0.15, 0.2) is 60.1 Å². The molecule has 7 rings (SSSR count). The lowest BCUT2D eigenvalue weighted by molar-refractivity contribution is -0.125. The molecule has 5 aliphatic heterocycles. The third-order valence-electron chi connectivity index (χ3n) is 11.7. The number of rotatable bonds is 12. The Labute approximate surface area is 327 Å². The Morgan fingerprint density at radius 2 is 1.76 bits per heavy atom. The lowest BCUT2D eigenvalue weighted by atomic mass is 9.94. The van der Waals surface area contributed by atoms with E-state index in [1.54, 1.807) is 25.1 Å². The number of carbonyl (C=O) groups excluding carboxylic acids is 4. The number of piperazine rings is 1. The van der Waals surface area contributed by atoms with Gasteiger partial charge in [-0.2, -0.15) is 0 Å². The van der Waals surface area contributed by atoms with E-state index >= 15 is 0 Å². The van der Waals surface area contributed by atoms with Crippen LogP contribution in [0.25, 0.3) is 5.70 Å². The molecule has 2 aromatic carbocycles. The van der Waals surface area contributed by atoms with Gasteiger partial charge < -0.3 is 36.6 Å². The number of hydrogen-bond acceptors (Lipinski definition) is 13. The van der Waals surface area contributed by atoms with E-state index in [4.69, 9.17) is 11.5 Å². The number of para-hydroxylation sites is 1. The molecule has 0 spiro atoms. The van der Waals surface area contributed by atoms with Gasteiger partial charge in [-0.05, 0) is 94.4 Å². The number of anilines is 1. The minimum absolute atomic E-state index is 0.0517. The van der Waals surface area contributed by atoms with Gasteiger partial charge in [-0.3, -0.25) is 29.4 Å². The Kier molecular flexibility index (Phi) is 11.9. The van der Waals surface area contributed by atoms with Crippen molar-refractivity contribution in [3.63, 3.8) is 0 Å². The van der Waals surface area contributed by atoms with Gasteiger partial charge in [0.25, 0.3) is 11.8 Å². The highest BCUT2D eigenvalue weighted by atomic mass is 32.2. The van der Waals surface area contributed by atoms with E-state index in [0.29, 0.717) is 45.8 Å². The standard InChI is InChI=1S/C40H53N9O5S/c1-26(6-9-37(52)44-25-50)49-39(53)31-8-7-28(20-33(31)40(49)54)46-16-10-27(11-17-46)23-45-14-12-30(13-15-45)55-47-18-19-48-29(24-47)22-43-38(42)35(48)21-34(41)32-4-2-3-5-36(32)51/h2-5,7-8,20-21,25-27,29-30,43,51H,6,9-19,22-24,41-42H2,1H3,(H,44,50,52)/b34-21-. The Bertz CT molecular complexity index is 1840. The number of benzene rings is 2. The number of amides is 4. The first kappa shape index (κ1) is 38.5. The van der Waals surface area contributed by atoms with Crippen molar-refractivity contribution in [3.05, 3.63) is 76.7 Å². The summed E-state index contributed by atoms with van der Waals surface area (Å²) < 4.78 is 2.53. The van der Waals surface area contributed by atoms with Crippen LogP contribution in [0.3, 0.4) is 0 Å². The van der Waals surface area contributed by atoms with E-state index in [-0.39, 0.29) is 36.4 Å². The molecule has 2 unspecified atom stereocenters. The zero-order valence-electron chi connectivity index (χ0n) is 31.5. The second kappa shape index (κ2) is 17.0. The maximum atomic E-state index is 13.3. The van der Waals surface area contributed by atoms with Crippen LogP contribution in [0.2, 0.25) is 0 Å². The normalized spacial score (nSPS) is 22.4. The van der Waals surface area contributed by atoms with Crippen molar-refractivity contribution in [2.24, 2.45) is 17.4 Å². The first-order valence-electron chi connectivity index (χ1n) is 19.5. The summed E-state index contributed by atoms with van der Waals surface area (Å²) in [5.74, 6) is 0.298. The van der Waals surface area contributed by atoms with Crippen LogP contribution in [0.1, 0.15) is 71.7 Å². The van der Waals surface area contributed by atoms with Gasteiger partial charge in [0.15, 0.2) is 0 Å². The SMILES string of the molecule is CC(CCC(=O)NC=O)N1C(=O)c2ccc(N3CCC(CN4CCC(SN5CCN6C(/C=C(\N)c7ccccc7O)=C(N)NCC6C5)CC4)CC3)cc2C1=O. The van der Waals surface area contributed by atoms with E-state index in [9.17, 15) is 24.3 Å². The number of aromatic hydroxyl groups is 1. The summed E-state index contributed by atoms with van der Waals surface area (Å²) in [6, 6.07) is 12.5. The smallest absolute Gasteiger partial charge is 0.261 e. The molecular weight excluding hydrogens is 719 g/mol. The van der Waals surface area contributed by atoms with Gasteiger partial charge >= 0.3 is 0 Å². The molecule has 7 N–H and O–H groups in total. The van der Waals surface area contributed by atoms with E-state index in [1.165, 1.54) is 17.7 Å². The number of imide groups is 2. The molecule has 0 radical (unpaired) electrons. The number of carbonyl (C=O) groups is 4. The number of fused-ring (bicyclic) bond motifs is 2. The third-order valence-corrected chi connectivity index (χ3v) is 13.1. The molecule has 0 bridgehead atoms. The predicted molar refractivity (Wildman–Crippen MR) is 213 cm³/mol. The molecule has 5 heterocycles. The van der Waals surface area contributed by atoms with Crippen molar-refractivity contribution in [3.8, 4) is 5.75 Å². The summed E-state index contributed by atoms with van der Waals surface area (Å²) in [5, 5.41) is 16.4. The summed E-state index contributed by atoms with van der Waals surface area (Å²) >= 11 is 2.02. The number of nitrogens with one attached hydrogen (secondary N) is 2. The second-order valence-electron chi connectivity index (χ2n) is 15.4. The predicted octanol–water partition coefficient (Wildman–Crippen LogP) is 2.48. The Morgan fingerprint density at radius 3 is 2.51 bits per heavy atom. The maximum absolute atomic E-state index is 13.3. The summed E-state index contributed by atoms with van der Waals surface area (Å²) in [6.07, 6.45) is 7.07. The largest absolute Gasteiger partial charge is 0.507 e. The van der Waals surface area contributed by atoms with Gasteiger partial charge in [-0.25, -0.2) is 4.31 Å². The highest BCUT2D eigenvalue weighted by Gasteiger charge is 2.39. The summed E-state index contributed by atoms with van der Waals surface area (Å²) in [4.78, 5) is 57.2. The van der Waals surface area contributed by atoms with E-state index in [0.717, 1.165) is 83.1 Å². The number of likely N-dealkylation sites (tertiary alicyclic amines) is 1. The number of nitrogens with zero attached hydrogens (tertiary/aromatic N) is 5. The van der Waals surface area contributed by atoms with Gasteiger partial charge in [0.1, 0.15) is 11.6 Å². The fourth-order valence-electron chi connectivity index (χ4n) is 8.59. The molecule has 15 heteroatoms. The average Bonchev–Trinajstić information content (AvgIpc) is 3.44. The molecule has 2 atom stereocenters. The van der Waals surface area contributed by atoms with Gasteiger partial charge in [0, 0.05) is 80.5 Å². The highest BCUT2D eigenvalue weighted by Crippen LogP contribution is 2.34. The molecule has 0 saturated carbocycles. The number of hydrogen-bond donors (Lipinski definition) is 5. The fourth-order valence-corrected chi connectivity index (χ4v) is 9.88. The van der Waals surface area contributed by atoms with Crippen LogP contribution in [0, 0.1) is 5.92 Å². The molecule has 4 amide bonds. The average molecular weight is 772 g/mol. The topological polar surface area (TPSA) is 181 Å². The summed E-state index contributed by atoms with van der Waals surface area (Å²) in [7, 11) is 0. The lowest BCUT2D eigenvalue weighted by Crippen LogP contribution is -2.58. The van der Waals surface area contributed by atoms with Crippen molar-refractivity contribution >= 4 is 47.5 Å². The Balaban J connectivity index is 0.841. The number of phenols is 1. The maximum Gasteiger partial charge on any atom is 0.261 e. The van der Waals surface area contributed by atoms with Crippen LogP contribution in [-0.2, 0) is 9.59 Å². The number of allylic oxidation sites excluding steroid dienone is 1. The first-order chi connectivity index (χ1) is 26.6. The molecule has 0 aliphatic carbocycles. The van der Waals surface area contributed by atoms with Crippen LogP contribution in [-0.4, -0.2) is 124 Å². The molecule has 0 aromatic heterocycles. The van der Waals surface area contributed by atoms with Gasteiger partial charge in [0.2, 0.25) is 12.3 Å². The minimum atomic E-state index is -0.462. The van der Waals surface area contributed by atoms with Crippen molar-refractivity contribution in [2.75, 3.05) is 63.8 Å². The first-order valence-corrected chi connectivity index (χ1v) is 20.3. The number of nitrogens with two attached hydrogens (primary N) is 2. The zero-order valence-corrected chi connectivity index (χ0v) is 32.3. The van der Waals surface area contributed by atoms with Crippen molar-refractivity contribution in [2.45, 2.75) is 62.8 Å². The molecular formula is C40H53N9O5S. The lowest BCUT2D eigenvalue weighted by Gasteiger charge is -2.47. The quantitative estimate of drug-likeness (QED) is 0.121. The summed E-state index contributed by atoms with van der Waals surface area (Å²) in [5.41, 5.74) is 16.6. The number of piperidine rings is 2. The molecule has 2 aromatic rings. The Morgan fingerprint density at radius 1 is 1.02 bits per heavy atom. The van der Waals surface area contributed by atoms with Crippen LogP contribution >= 0.6 is 11.9 Å². The third kappa shape index (κ3) is 8.58. The fraction of sp³-hybridized carbons (Fsp3) is 0.500. The molecule has 294 valence electrons. The zero-order chi connectivity index (χ0) is 38.6.